The van der Waals surface area contributed by atoms with Crippen LogP contribution in [0.4, 0.5) is 5.82 Å². The van der Waals surface area contributed by atoms with Gasteiger partial charge >= 0.3 is 5.97 Å². The normalized spacial score (nSPS) is 10.5. The number of anilines is 1. The van der Waals surface area contributed by atoms with Gasteiger partial charge in [0.1, 0.15) is 12.4 Å². The average Bonchev–Trinajstić information content (AvgIpc) is 2.88. The van der Waals surface area contributed by atoms with E-state index >= 15 is 0 Å². The van der Waals surface area contributed by atoms with Crippen molar-refractivity contribution < 1.29 is 9.53 Å². The van der Waals surface area contributed by atoms with Gasteiger partial charge in [0.05, 0.1) is 12.8 Å². The molecule has 0 saturated carbocycles. The fourth-order valence-corrected chi connectivity index (χ4v) is 1.53. The molecule has 0 bridgehead atoms. The van der Waals surface area contributed by atoms with Gasteiger partial charge in [-0.15, -0.1) is 0 Å². The van der Waals surface area contributed by atoms with Crippen molar-refractivity contribution in [1.82, 2.24) is 19.6 Å². The zero-order valence-corrected chi connectivity index (χ0v) is 10.1. The number of carbonyl (C=O) groups excluding carboxylic acids is 1. The highest BCUT2D eigenvalue weighted by Crippen LogP contribution is 1.99. The lowest BCUT2D eigenvalue weighted by Crippen LogP contribution is -2.15. The van der Waals surface area contributed by atoms with Crippen LogP contribution < -0.4 is 5.73 Å². The Kier molecular flexibility index (Phi) is 3.61. The van der Waals surface area contributed by atoms with Crippen molar-refractivity contribution in [2.45, 2.75) is 13.0 Å². The fourth-order valence-electron chi connectivity index (χ4n) is 1.53. The Morgan fingerprint density at radius 3 is 3.00 bits per heavy atom. The van der Waals surface area contributed by atoms with Gasteiger partial charge in [-0.1, -0.05) is 0 Å². The van der Waals surface area contributed by atoms with E-state index in [1.54, 1.807) is 23.1 Å². The summed E-state index contributed by atoms with van der Waals surface area (Å²) in [5.74, 6) is 0.0557. The highest BCUT2D eigenvalue weighted by Gasteiger charge is 2.05. The van der Waals surface area contributed by atoms with E-state index in [4.69, 9.17) is 10.5 Å². The molecule has 0 radical (unpaired) electrons. The van der Waals surface area contributed by atoms with E-state index in [2.05, 4.69) is 10.2 Å². The third-order valence-electron chi connectivity index (χ3n) is 2.36. The van der Waals surface area contributed by atoms with Gasteiger partial charge in [0, 0.05) is 25.9 Å². The second kappa shape index (κ2) is 5.35. The van der Waals surface area contributed by atoms with Crippen molar-refractivity contribution in [3.05, 3.63) is 30.2 Å². The molecule has 18 heavy (non-hydrogen) atoms. The molecule has 0 aromatic carbocycles. The highest BCUT2D eigenvalue weighted by molar-refractivity contribution is 5.69. The number of rotatable bonds is 5. The van der Waals surface area contributed by atoms with Gasteiger partial charge in [0.25, 0.3) is 0 Å². The van der Waals surface area contributed by atoms with Crippen LogP contribution in [0.25, 0.3) is 0 Å². The van der Waals surface area contributed by atoms with Crippen molar-refractivity contribution in [1.29, 1.82) is 0 Å². The molecule has 7 nitrogen and oxygen atoms in total. The first-order chi connectivity index (χ1) is 8.63. The molecule has 2 heterocycles. The minimum absolute atomic E-state index is 0.0737. The zero-order valence-electron chi connectivity index (χ0n) is 10.1. The van der Waals surface area contributed by atoms with Crippen molar-refractivity contribution in [2.24, 2.45) is 7.05 Å². The number of aryl methyl sites for hydroxylation is 1. The van der Waals surface area contributed by atoms with Crippen LogP contribution in [-0.2, 0) is 29.5 Å². The van der Waals surface area contributed by atoms with E-state index in [-0.39, 0.29) is 12.5 Å². The maximum absolute atomic E-state index is 11.5. The van der Waals surface area contributed by atoms with Gasteiger partial charge in [-0.2, -0.15) is 10.2 Å². The number of nitrogen functional groups attached to an aromatic ring is 1. The Morgan fingerprint density at radius 1 is 1.56 bits per heavy atom. The molecule has 0 aliphatic carbocycles. The van der Waals surface area contributed by atoms with Gasteiger partial charge in [-0.3, -0.25) is 14.2 Å². The molecule has 96 valence electrons. The number of aromatic nitrogens is 4. The third-order valence-corrected chi connectivity index (χ3v) is 2.36. The van der Waals surface area contributed by atoms with E-state index in [0.717, 1.165) is 5.56 Å². The quantitative estimate of drug-likeness (QED) is 0.753. The Bertz CT molecular complexity index is 531. The van der Waals surface area contributed by atoms with E-state index in [0.29, 0.717) is 18.8 Å². The van der Waals surface area contributed by atoms with Crippen molar-refractivity contribution in [3.63, 3.8) is 0 Å². The predicted octanol–water partition coefficient (Wildman–Crippen LogP) is -0.0153. The molecule has 2 rings (SSSR count). The van der Waals surface area contributed by atoms with E-state index in [1.165, 1.54) is 4.68 Å². The van der Waals surface area contributed by atoms with Crippen LogP contribution in [0.3, 0.4) is 0 Å². The molecular weight excluding hydrogens is 234 g/mol. The number of nitrogens with two attached hydrogens (primary N) is 1. The van der Waals surface area contributed by atoms with Crippen LogP contribution in [0.5, 0.6) is 0 Å². The summed E-state index contributed by atoms with van der Waals surface area (Å²) in [6, 6.07) is 1.63. The van der Waals surface area contributed by atoms with E-state index in [9.17, 15) is 4.79 Å². The zero-order chi connectivity index (χ0) is 13.0. The van der Waals surface area contributed by atoms with Crippen molar-refractivity contribution in [2.75, 3.05) is 12.3 Å². The second-order valence-electron chi connectivity index (χ2n) is 3.93. The maximum atomic E-state index is 11.5. The number of carbonyl (C=O) groups is 1. The molecule has 0 amide bonds. The Morgan fingerprint density at radius 2 is 2.39 bits per heavy atom. The van der Waals surface area contributed by atoms with Crippen LogP contribution >= 0.6 is 0 Å². The summed E-state index contributed by atoms with van der Waals surface area (Å²) in [6.07, 6.45) is 5.93. The third kappa shape index (κ3) is 3.34. The first-order valence-electron chi connectivity index (χ1n) is 5.55. The molecule has 2 aromatic heterocycles. The van der Waals surface area contributed by atoms with Gasteiger partial charge in [-0.25, -0.2) is 0 Å². The van der Waals surface area contributed by atoms with Gasteiger partial charge < -0.3 is 10.5 Å². The fraction of sp³-hybridized carbons (Fsp3) is 0.364. The monoisotopic (exact) mass is 249 g/mol. The molecule has 0 aliphatic heterocycles. The number of ether oxygens (including phenoxy) is 1. The van der Waals surface area contributed by atoms with Crippen LogP contribution in [0.1, 0.15) is 5.56 Å². The molecule has 7 heteroatoms. The lowest BCUT2D eigenvalue weighted by Gasteiger charge is -2.03. The van der Waals surface area contributed by atoms with Crippen LogP contribution in [0.15, 0.2) is 24.7 Å². The summed E-state index contributed by atoms with van der Waals surface area (Å²) >= 11 is 0. The largest absolute Gasteiger partial charge is 0.464 e. The van der Waals surface area contributed by atoms with Gasteiger partial charge in [0.2, 0.25) is 0 Å². The molecule has 0 fully saturated rings. The Hall–Kier alpha value is -2.31. The molecule has 0 unspecified atom stereocenters. The van der Waals surface area contributed by atoms with Gasteiger partial charge in [0.15, 0.2) is 0 Å². The Labute approximate surface area is 104 Å². The van der Waals surface area contributed by atoms with Gasteiger partial charge in [-0.05, 0) is 11.6 Å². The molecule has 0 saturated heterocycles. The summed E-state index contributed by atoms with van der Waals surface area (Å²) in [5, 5.41) is 7.93. The first kappa shape index (κ1) is 12.2. The number of hydrogen-bond donors (Lipinski definition) is 1. The summed E-state index contributed by atoms with van der Waals surface area (Å²) in [6.45, 7) is 0.408. The molecule has 0 spiro atoms. The molecule has 0 aliphatic rings. The lowest BCUT2D eigenvalue weighted by molar-refractivity contribution is -0.144. The smallest absolute Gasteiger partial charge is 0.327 e. The summed E-state index contributed by atoms with van der Waals surface area (Å²) in [4.78, 5) is 11.5. The molecule has 0 atom stereocenters. The summed E-state index contributed by atoms with van der Waals surface area (Å²) < 4.78 is 8.25. The summed E-state index contributed by atoms with van der Waals surface area (Å²) in [7, 11) is 1.84. The lowest BCUT2D eigenvalue weighted by atomic mass is 10.3. The van der Waals surface area contributed by atoms with E-state index in [1.807, 2.05) is 13.2 Å². The molecule has 2 aromatic rings. The second-order valence-corrected chi connectivity index (χ2v) is 3.93. The SMILES string of the molecule is Cn1cc(CCOC(=O)Cn2ccc(N)n2)cn1. The van der Waals surface area contributed by atoms with Crippen molar-refractivity contribution >= 4 is 11.8 Å². The maximum Gasteiger partial charge on any atom is 0.327 e. The molecular formula is C11H15N5O2. The van der Waals surface area contributed by atoms with Crippen LogP contribution in [0, 0.1) is 0 Å². The number of nitrogens with zero attached hydrogens (tertiary/aromatic N) is 4. The van der Waals surface area contributed by atoms with Crippen molar-refractivity contribution in [3.8, 4) is 0 Å². The number of esters is 1. The standard InChI is InChI=1S/C11H15N5O2/c1-15-7-9(6-13-15)3-5-18-11(17)8-16-4-2-10(12)14-16/h2,4,6-7H,3,5,8H2,1H3,(H2,12,14). The van der Waals surface area contributed by atoms with Crippen LogP contribution in [0.2, 0.25) is 0 Å². The Balaban J connectivity index is 1.72. The average molecular weight is 249 g/mol. The van der Waals surface area contributed by atoms with E-state index < -0.39 is 0 Å². The minimum atomic E-state index is -0.331. The predicted molar refractivity (Wildman–Crippen MR) is 64.5 cm³/mol. The minimum Gasteiger partial charge on any atom is -0.464 e. The summed E-state index contributed by atoms with van der Waals surface area (Å²) in [5.41, 5.74) is 6.48. The number of hydrogen-bond acceptors (Lipinski definition) is 5. The highest BCUT2D eigenvalue weighted by atomic mass is 16.5. The van der Waals surface area contributed by atoms with Crippen LogP contribution in [-0.4, -0.2) is 32.1 Å². The topological polar surface area (TPSA) is 88.0 Å². The molecule has 2 N–H and O–H groups in total. The first-order valence-corrected chi connectivity index (χ1v) is 5.55.